The largest absolute Gasteiger partial charge is 0.324 e. The highest BCUT2D eigenvalue weighted by Gasteiger charge is 2.29. The standard InChI is InChI=1S/C12H15ClN2O/c1-8-9(6-7-14-8)12(16)15-11-5-3-2-4-10(11)13/h2-5,8-9,14H,6-7H2,1H3,(H,15,16). The van der Waals surface area contributed by atoms with Gasteiger partial charge in [0.2, 0.25) is 5.91 Å². The summed E-state index contributed by atoms with van der Waals surface area (Å²) in [4.78, 5) is 12.0. The number of hydrogen-bond acceptors (Lipinski definition) is 2. The molecule has 2 rings (SSSR count). The smallest absolute Gasteiger partial charge is 0.229 e. The zero-order chi connectivity index (χ0) is 11.5. The van der Waals surface area contributed by atoms with E-state index in [1.54, 1.807) is 6.07 Å². The lowest BCUT2D eigenvalue weighted by Gasteiger charge is -2.15. The molecule has 0 saturated carbocycles. The molecule has 0 radical (unpaired) electrons. The number of nitrogens with one attached hydrogen (secondary N) is 2. The summed E-state index contributed by atoms with van der Waals surface area (Å²) in [6.45, 7) is 2.94. The van der Waals surface area contributed by atoms with E-state index in [0.717, 1.165) is 13.0 Å². The quantitative estimate of drug-likeness (QED) is 0.830. The van der Waals surface area contributed by atoms with E-state index in [1.807, 2.05) is 25.1 Å². The van der Waals surface area contributed by atoms with E-state index in [2.05, 4.69) is 10.6 Å². The van der Waals surface area contributed by atoms with Crippen molar-refractivity contribution in [3.63, 3.8) is 0 Å². The second-order valence-corrected chi connectivity index (χ2v) is 4.51. The number of carbonyl (C=O) groups excluding carboxylic acids is 1. The van der Waals surface area contributed by atoms with Crippen molar-refractivity contribution >= 4 is 23.2 Å². The molecule has 86 valence electrons. The molecule has 1 fully saturated rings. The van der Waals surface area contributed by atoms with Crippen LogP contribution in [0.25, 0.3) is 0 Å². The third-order valence-corrected chi connectivity index (χ3v) is 3.32. The van der Waals surface area contributed by atoms with Crippen LogP contribution in [-0.4, -0.2) is 18.5 Å². The number of amides is 1. The number of benzene rings is 1. The van der Waals surface area contributed by atoms with Gasteiger partial charge in [0.1, 0.15) is 0 Å². The third-order valence-electron chi connectivity index (χ3n) is 2.99. The topological polar surface area (TPSA) is 41.1 Å². The molecule has 0 spiro atoms. The van der Waals surface area contributed by atoms with Gasteiger partial charge >= 0.3 is 0 Å². The first-order chi connectivity index (χ1) is 7.68. The summed E-state index contributed by atoms with van der Waals surface area (Å²) in [7, 11) is 0. The van der Waals surface area contributed by atoms with Gasteiger partial charge in [-0.25, -0.2) is 0 Å². The molecule has 1 amide bonds. The van der Waals surface area contributed by atoms with Crippen molar-refractivity contribution in [1.29, 1.82) is 0 Å². The highest BCUT2D eigenvalue weighted by molar-refractivity contribution is 6.33. The lowest BCUT2D eigenvalue weighted by Crippen LogP contribution is -2.32. The first kappa shape index (κ1) is 11.4. The predicted octanol–water partition coefficient (Wildman–Crippen LogP) is 2.28. The molecule has 0 aromatic heterocycles. The highest BCUT2D eigenvalue weighted by atomic mass is 35.5. The Hall–Kier alpha value is -1.06. The number of halogens is 1. The van der Waals surface area contributed by atoms with E-state index in [-0.39, 0.29) is 17.9 Å². The summed E-state index contributed by atoms with van der Waals surface area (Å²) < 4.78 is 0. The number of para-hydroxylation sites is 1. The summed E-state index contributed by atoms with van der Waals surface area (Å²) >= 11 is 5.98. The molecule has 1 aliphatic heterocycles. The molecular formula is C12H15ClN2O. The molecule has 2 atom stereocenters. The van der Waals surface area contributed by atoms with Crippen LogP contribution < -0.4 is 10.6 Å². The van der Waals surface area contributed by atoms with Crippen molar-refractivity contribution in [1.82, 2.24) is 5.32 Å². The molecule has 1 aromatic carbocycles. The summed E-state index contributed by atoms with van der Waals surface area (Å²) in [6, 6.07) is 7.53. The number of carbonyl (C=O) groups is 1. The fourth-order valence-electron chi connectivity index (χ4n) is 2.00. The molecule has 1 aromatic rings. The Morgan fingerprint density at radius 1 is 1.50 bits per heavy atom. The Kier molecular flexibility index (Phi) is 3.46. The zero-order valence-corrected chi connectivity index (χ0v) is 9.92. The van der Waals surface area contributed by atoms with Gasteiger partial charge in [-0.3, -0.25) is 4.79 Å². The van der Waals surface area contributed by atoms with Crippen molar-refractivity contribution in [2.24, 2.45) is 5.92 Å². The molecule has 3 nitrogen and oxygen atoms in total. The molecule has 4 heteroatoms. The number of rotatable bonds is 2. The molecule has 0 bridgehead atoms. The zero-order valence-electron chi connectivity index (χ0n) is 9.16. The van der Waals surface area contributed by atoms with Gasteiger partial charge < -0.3 is 10.6 Å². The maximum atomic E-state index is 12.0. The van der Waals surface area contributed by atoms with Crippen LogP contribution in [-0.2, 0) is 4.79 Å². The summed E-state index contributed by atoms with van der Waals surface area (Å²) in [6.07, 6.45) is 0.886. The monoisotopic (exact) mass is 238 g/mol. The number of anilines is 1. The first-order valence-electron chi connectivity index (χ1n) is 5.47. The average Bonchev–Trinajstić information content (AvgIpc) is 2.68. The van der Waals surface area contributed by atoms with E-state index in [4.69, 9.17) is 11.6 Å². The second-order valence-electron chi connectivity index (χ2n) is 4.11. The Morgan fingerprint density at radius 3 is 2.88 bits per heavy atom. The minimum absolute atomic E-state index is 0.0382. The summed E-state index contributed by atoms with van der Waals surface area (Å²) in [5, 5.41) is 6.71. The van der Waals surface area contributed by atoms with Gasteiger partial charge in [-0.1, -0.05) is 23.7 Å². The molecule has 2 unspecified atom stereocenters. The fourth-order valence-corrected chi connectivity index (χ4v) is 2.19. The Morgan fingerprint density at radius 2 is 2.25 bits per heavy atom. The third kappa shape index (κ3) is 2.36. The molecule has 1 saturated heterocycles. The number of hydrogen-bond donors (Lipinski definition) is 2. The summed E-state index contributed by atoms with van der Waals surface area (Å²) in [5.74, 6) is 0.0851. The van der Waals surface area contributed by atoms with Crippen LogP contribution >= 0.6 is 11.6 Å². The van der Waals surface area contributed by atoms with Gasteiger partial charge in [0.25, 0.3) is 0 Å². The van der Waals surface area contributed by atoms with Crippen molar-refractivity contribution in [3.05, 3.63) is 29.3 Å². The lowest BCUT2D eigenvalue weighted by molar-refractivity contribution is -0.119. The maximum absolute atomic E-state index is 12.0. The maximum Gasteiger partial charge on any atom is 0.229 e. The molecule has 1 heterocycles. The Balaban J connectivity index is 2.05. The van der Waals surface area contributed by atoms with Crippen LogP contribution in [0.15, 0.2) is 24.3 Å². The van der Waals surface area contributed by atoms with Gasteiger partial charge in [-0.05, 0) is 32.0 Å². The summed E-state index contributed by atoms with van der Waals surface area (Å²) in [5.41, 5.74) is 0.688. The first-order valence-corrected chi connectivity index (χ1v) is 5.85. The van der Waals surface area contributed by atoms with Crippen LogP contribution in [0.3, 0.4) is 0 Å². The molecule has 1 aliphatic rings. The van der Waals surface area contributed by atoms with Crippen LogP contribution in [0.5, 0.6) is 0 Å². The molecular weight excluding hydrogens is 224 g/mol. The Bertz CT molecular complexity index is 394. The van der Waals surface area contributed by atoms with E-state index in [1.165, 1.54) is 0 Å². The van der Waals surface area contributed by atoms with Crippen LogP contribution in [0, 0.1) is 5.92 Å². The van der Waals surface area contributed by atoms with E-state index in [9.17, 15) is 4.79 Å². The minimum Gasteiger partial charge on any atom is -0.324 e. The lowest BCUT2D eigenvalue weighted by atomic mass is 10.0. The molecule has 0 aliphatic carbocycles. The van der Waals surface area contributed by atoms with Crippen molar-refractivity contribution in [2.75, 3.05) is 11.9 Å². The van der Waals surface area contributed by atoms with E-state index in [0.29, 0.717) is 10.7 Å². The van der Waals surface area contributed by atoms with Crippen LogP contribution in [0.4, 0.5) is 5.69 Å². The normalized spacial score (nSPS) is 24.4. The van der Waals surface area contributed by atoms with E-state index < -0.39 is 0 Å². The van der Waals surface area contributed by atoms with Gasteiger partial charge in [-0.2, -0.15) is 0 Å². The molecule has 16 heavy (non-hydrogen) atoms. The van der Waals surface area contributed by atoms with Gasteiger partial charge in [0.15, 0.2) is 0 Å². The highest BCUT2D eigenvalue weighted by Crippen LogP contribution is 2.23. The molecule has 2 N–H and O–H groups in total. The average molecular weight is 239 g/mol. The van der Waals surface area contributed by atoms with Crippen LogP contribution in [0.1, 0.15) is 13.3 Å². The Labute approximate surface area is 100 Å². The SMILES string of the molecule is CC1NCCC1C(=O)Nc1ccccc1Cl. The van der Waals surface area contributed by atoms with Crippen molar-refractivity contribution in [2.45, 2.75) is 19.4 Å². The minimum atomic E-state index is 0.0382. The fraction of sp³-hybridized carbons (Fsp3) is 0.417. The van der Waals surface area contributed by atoms with Crippen molar-refractivity contribution in [3.8, 4) is 0 Å². The van der Waals surface area contributed by atoms with Gasteiger partial charge in [0, 0.05) is 6.04 Å². The van der Waals surface area contributed by atoms with Crippen molar-refractivity contribution < 1.29 is 4.79 Å². The van der Waals surface area contributed by atoms with E-state index >= 15 is 0 Å². The predicted molar refractivity (Wildman–Crippen MR) is 65.7 cm³/mol. The second kappa shape index (κ2) is 4.85. The van der Waals surface area contributed by atoms with Gasteiger partial charge in [0.05, 0.1) is 16.6 Å². The van der Waals surface area contributed by atoms with Gasteiger partial charge in [-0.15, -0.1) is 0 Å². The van der Waals surface area contributed by atoms with Crippen LogP contribution in [0.2, 0.25) is 5.02 Å².